The summed E-state index contributed by atoms with van der Waals surface area (Å²) in [6.45, 7) is 4.23. The highest BCUT2D eigenvalue weighted by molar-refractivity contribution is 9.10. The van der Waals surface area contributed by atoms with Crippen molar-refractivity contribution >= 4 is 21.9 Å². The van der Waals surface area contributed by atoms with Gasteiger partial charge in [-0.25, -0.2) is 4.39 Å². The van der Waals surface area contributed by atoms with Gasteiger partial charge in [0.2, 0.25) is 0 Å². The Balaban J connectivity index is 1.95. The standard InChI is InChI=1S/C16H19BrFN3O/c1-10-4-7-15(22-10)11(2)21-16(19-3)20-9-12-5-6-13(17)8-14(12)18/h4-8,11H,9H2,1-3H3,(H2,19,20,21). The Hall–Kier alpha value is -1.82. The van der Waals surface area contributed by atoms with Gasteiger partial charge in [0.15, 0.2) is 5.96 Å². The van der Waals surface area contributed by atoms with Crippen molar-refractivity contribution < 1.29 is 8.81 Å². The molecular weight excluding hydrogens is 349 g/mol. The Morgan fingerprint density at radius 2 is 2.14 bits per heavy atom. The van der Waals surface area contributed by atoms with Crippen LogP contribution in [0.3, 0.4) is 0 Å². The summed E-state index contributed by atoms with van der Waals surface area (Å²) in [6.07, 6.45) is 0. The maximum atomic E-state index is 13.8. The predicted octanol–water partition coefficient (Wildman–Crippen LogP) is 3.92. The number of aryl methyl sites for hydroxylation is 1. The number of aliphatic imine (C=N–C) groups is 1. The van der Waals surface area contributed by atoms with E-state index in [2.05, 4.69) is 31.6 Å². The summed E-state index contributed by atoms with van der Waals surface area (Å²) in [4.78, 5) is 4.14. The molecule has 0 saturated heterocycles. The monoisotopic (exact) mass is 367 g/mol. The molecule has 0 amide bonds. The first-order chi connectivity index (χ1) is 10.5. The molecule has 0 saturated carbocycles. The van der Waals surface area contributed by atoms with E-state index in [0.29, 0.717) is 18.1 Å². The summed E-state index contributed by atoms with van der Waals surface area (Å²) >= 11 is 3.24. The topological polar surface area (TPSA) is 49.6 Å². The lowest BCUT2D eigenvalue weighted by Gasteiger charge is -2.16. The van der Waals surface area contributed by atoms with Crippen molar-refractivity contribution in [3.63, 3.8) is 0 Å². The number of hydrogen-bond acceptors (Lipinski definition) is 2. The number of furan rings is 1. The molecule has 1 aromatic heterocycles. The fourth-order valence-electron chi connectivity index (χ4n) is 2.00. The van der Waals surface area contributed by atoms with E-state index in [0.717, 1.165) is 16.0 Å². The summed E-state index contributed by atoms with van der Waals surface area (Å²) < 4.78 is 20.1. The molecule has 4 nitrogen and oxygen atoms in total. The number of halogens is 2. The zero-order chi connectivity index (χ0) is 16.1. The van der Waals surface area contributed by atoms with Crippen LogP contribution in [-0.2, 0) is 6.54 Å². The first-order valence-electron chi connectivity index (χ1n) is 6.97. The van der Waals surface area contributed by atoms with E-state index in [9.17, 15) is 4.39 Å². The van der Waals surface area contributed by atoms with E-state index in [1.165, 1.54) is 6.07 Å². The Bertz CT molecular complexity index is 669. The van der Waals surface area contributed by atoms with E-state index in [1.807, 2.05) is 32.0 Å². The van der Waals surface area contributed by atoms with Crippen molar-refractivity contribution in [1.82, 2.24) is 10.6 Å². The van der Waals surface area contributed by atoms with Crippen molar-refractivity contribution in [2.24, 2.45) is 4.99 Å². The molecule has 0 aliphatic rings. The molecule has 0 bridgehead atoms. The second kappa shape index (κ2) is 7.45. The van der Waals surface area contributed by atoms with Crippen molar-refractivity contribution in [3.8, 4) is 0 Å². The molecule has 2 rings (SSSR count). The van der Waals surface area contributed by atoms with Gasteiger partial charge < -0.3 is 15.1 Å². The largest absolute Gasteiger partial charge is 0.464 e. The Morgan fingerprint density at radius 3 is 2.73 bits per heavy atom. The lowest BCUT2D eigenvalue weighted by molar-refractivity contribution is 0.441. The number of benzene rings is 1. The second-order valence-corrected chi connectivity index (χ2v) is 5.89. The average molecular weight is 368 g/mol. The quantitative estimate of drug-likeness (QED) is 0.636. The summed E-state index contributed by atoms with van der Waals surface area (Å²) in [5.41, 5.74) is 0.577. The Kier molecular flexibility index (Phi) is 5.60. The molecule has 0 radical (unpaired) electrons. The number of guanidine groups is 1. The third-order valence-electron chi connectivity index (χ3n) is 3.23. The maximum absolute atomic E-state index is 13.8. The molecule has 1 heterocycles. The van der Waals surface area contributed by atoms with Crippen LogP contribution in [0.15, 0.2) is 44.2 Å². The van der Waals surface area contributed by atoms with Crippen LogP contribution in [0.4, 0.5) is 4.39 Å². The molecule has 0 aliphatic heterocycles. The zero-order valence-electron chi connectivity index (χ0n) is 12.8. The van der Waals surface area contributed by atoms with E-state index < -0.39 is 0 Å². The molecule has 0 spiro atoms. The molecule has 1 atom stereocenters. The summed E-state index contributed by atoms with van der Waals surface area (Å²) in [6, 6.07) is 8.80. The van der Waals surface area contributed by atoms with Crippen LogP contribution in [0, 0.1) is 12.7 Å². The van der Waals surface area contributed by atoms with Gasteiger partial charge in [-0.2, -0.15) is 0 Å². The van der Waals surface area contributed by atoms with E-state index in [1.54, 1.807) is 13.1 Å². The molecule has 0 fully saturated rings. The number of rotatable bonds is 4. The molecule has 22 heavy (non-hydrogen) atoms. The Morgan fingerprint density at radius 1 is 1.36 bits per heavy atom. The lowest BCUT2D eigenvalue weighted by Crippen LogP contribution is -2.38. The highest BCUT2D eigenvalue weighted by Gasteiger charge is 2.11. The normalized spacial score (nSPS) is 13.0. The minimum absolute atomic E-state index is 0.0327. The third-order valence-corrected chi connectivity index (χ3v) is 3.72. The lowest BCUT2D eigenvalue weighted by atomic mass is 10.2. The molecule has 1 aromatic carbocycles. The average Bonchev–Trinajstić information content (AvgIpc) is 2.91. The van der Waals surface area contributed by atoms with Gasteiger partial charge in [-0.1, -0.05) is 22.0 Å². The first kappa shape index (κ1) is 16.5. The van der Waals surface area contributed by atoms with Gasteiger partial charge in [-0.15, -0.1) is 0 Å². The van der Waals surface area contributed by atoms with Gasteiger partial charge >= 0.3 is 0 Å². The van der Waals surface area contributed by atoms with Gasteiger partial charge in [0.05, 0.1) is 6.04 Å². The van der Waals surface area contributed by atoms with Gasteiger partial charge in [0.25, 0.3) is 0 Å². The summed E-state index contributed by atoms with van der Waals surface area (Å²) in [5.74, 6) is 2.02. The van der Waals surface area contributed by atoms with Gasteiger partial charge in [0.1, 0.15) is 17.3 Å². The van der Waals surface area contributed by atoms with Gasteiger partial charge in [-0.3, -0.25) is 4.99 Å². The molecule has 2 N–H and O–H groups in total. The predicted molar refractivity (Wildman–Crippen MR) is 89.3 cm³/mol. The SMILES string of the molecule is CN=C(NCc1ccc(Br)cc1F)NC(C)c1ccc(C)o1. The fourth-order valence-corrected chi connectivity index (χ4v) is 2.33. The first-order valence-corrected chi connectivity index (χ1v) is 7.76. The van der Waals surface area contributed by atoms with Crippen LogP contribution in [-0.4, -0.2) is 13.0 Å². The highest BCUT2D eigenvalue weighted by Crippen LogP contribution is 2.16. The summed E-state index contributed by atoms with van der Waals surface area (Å²) in [7, 11) is 1.67. The van der Waals surface area contributed by atoms with E-state index in [-0.39, 0.29) is 11.9 Å². The maximum Gasteiger partial charge on any atom is 0.191 e. The van der Waals surface area contributed by atoms with Crippen molar-refractivity contribution in [3.05, 3.63) is 57.7 Å². The summed E-state index contributed by atoms with van der Waals surface area (Å²) in [5, 5.41) is 6.31. The second-order valence-electron chi connectivity index (χ2n) is 4.98. The van der Waals surface area contributed by atoms with E-state index in [4.69, 9.17) is 4.42 Å². The smallest absolute Gasteiger partial charge is 0.191 e. The Labute approximate surface area is 138 Å². The van der Waals surface area contributed by atoms with Crippen molar-refractivity contribution in [2.75, 3.05) is 7.05 Å². The number of nitrogens with zero attached hydrogens (tertiary/aromatic N) is 1. The molecule has 6 heteroatoms. The van der Waals surface area contributed by atoms with Crippen LogP contribution in [0.25, 0.3) is 0 Å². The molecular formula is C16H19BrFN3O. The molecule has 1 unspecified atom stereocenters. The number of hydrogen-bond donors (Lipinski definition) is 2. The molecule has 0 aliphatic carbocycles. The fraction of sp³-hybridized carbons (Fsp3) is 0.312. The molecule has 118 valence electrons. The van der Waals surface area contributed by atoms with Crippen LogP contribution in [0.2, 0.25) is 0 Å². The molecule has 2 aromatic rings. The minimum atomic E-state index is -0.257. The van der Waals surface area contributed by atoms with Crippen LogP contribution >= 0.6 is 15.9 Å². The van der Waals surface area contributed by atoms with Crippen LogP contribution in [0.5, 0.6) is 0 Å². The number of nitrogens with one attached hydrogen (secondary N) is 2. The minimum Gasteiger partial charge on any atom is -0.464 e. The van der Waals surface area contributed by atoms with Gasteiger partial charge in [0, 0.05) is 23.6 Å². The van der Waals surface area contributed by atoms with Gasteiger partial charge in [-0.05, 0) is 38.1 Å². The zero-order valence-corrected chi connectivity index (χ0v) is 14.4. The van der Waals surface area contributed by atoms with E-state index >= 15 is 0 Å². The highest BCUT2D eigenvalue weighted by atomic mass is 79.9. The van der Waals surface area contributed by atoms with Crippen LogP contribution in [0.1, 0.15) is 30.0 Å². The van der Waals surface area contributed by atoms with Crippen molar-refractivity contribution in [2.45, 2.75) is 26.4 Å². The van der Waals surface area contributed by atoms with Crippen LogP contribution < -0.4 is 10.6 Å². The van der Waals surface area contributed by atoms with Crippen molar-refractivity contribution in [1.29, 1.82) is 0 Å². The third kappa shape index (κ3) is 4.34.